The van der Waals surface area contributed by atoms with Crippen molar-refractivity contribution in [1.29, 1.82) is 0 Å². The van der Waals surface area contributed by atoms with Crippen LogP contribution in [-0.2, 0) is 4.79 Å². The first-order valence-electron chi connectivity index (χ1n) is 5.98. The molecule has 0 unspecified atom stereocenters. The van der Waals surface area contributed by atoms with Crippen LogP contribution in [0.5, 0.6) is 5.75 Å². The highest BCUT2D eigenvalue weighted by Gasteiger charge is 2.10. The quantitative estimate of drug-likeness (QED) is 0.803. The number of thioether (sulfide) groups is 1. The fourth-order valence-electron chi connectivity index (χ4n) is 1.73. The van der Waals surface area contributed by atoms with E-state index in [0.29, 0.717) is 5.56 Å². The highest BCUT2D eigenvalue weighted by atomic mass is 32.2. The number of nitrogens with one attached hydrogen (secondary N) is 1. The van der Waals surface area contributed by atoms with E-state index in [4.69, 9.17) is 9.84 Å². The minimum Gasteiger partial charge on any atom is -0.496 e. The van der Waals surface area contributed by atoms with Crippen molar-refractivity contribution in [3.8, 4) is 17.0 Å². The van der Waals surface area contributed by atoms with Crippen LogP contribution in [-0.4, -0.2) is 39.1 Å². The number of benzene rings is 1. The molecular weight excluding hydrogens is 294 g/mol. The fraction of sp³-hybridized carbons (Fsp3) is 0.231. The lowest BCUT2D eigenvalue weighted by molar-refractivity contribution is -0.133. The molecule has 7 nitrogen and oxygen atoms in total. The topological polar surface area (TPSA) is 105 Å². The second-order valence-corrected chi connectivity index (χ2v) is 5.14. The average Bonchev–Trinajstić information content (AvgIpc) is 2.45. The Morgan fingerprint density at radius 2 is 2.19 bits per heavy atom. The molecule has 2 rings (SSSR count). The number of rotatable bonds is 5. The number of carbonyl (C=O) groups is 1. The van der Waals surface area contributed by atoms with Crippen molar-refractivity contribution in [3.63, 3.8) is 0 Å². The van der Waals surface area contributed by atoms with E-state index in [-0.39, 0.29) is 16.6 Å². The number of ether oxygens (including phenoxy) is 1. The maximum Gasteiger partial charge on any atom is 0.313 e. The molecule has 0 saturated heterocycles. The van der Waals surface area contributed by atoms with Crippen molar-refractivity contribution in [2.24, 2.45) is 0 Å². The Morgan fingerprint density at radius 1 is 1.43 bits per heavy atom. The minimum absolute atomic E-state index is 0.177. The number of methoxy groups -OCH3 is 1. The second-order valence-electron chi connectivity index (χ2n) is 4.17. The van der Waals surface area contributed by atoms with Gasteiger partial charge in [0.25, 0.3) is 5.56 Å². The van der Waals surface area contributed by atoms with Gasteiger partial charge in [-0.3, -0.25) is 14.6 Å². The molecule has 0 fully saturated rings. The van der Waals surface area contributed by atoms with Crippen molar-refractivity contribution in [3.05, 3.63) is 34.1 Å². The van der Waals surface area contributed by atoms with E-state index >= 15 is 0 Å². The van der Waals surface area contributed by atoms with Crippen LogP contribution in [0.4, 0.5) is 0 Å². The number of H-pyrrole nitrogens is 1. The predicted molar refractivity (Wildman–Crippen MR) is 77.7 cm³/mol. The predicted octanol–water partition coefficient (Wildman–Crippen LogP) is 1.33. The number of aryl methyl sites for hydroxylation is 1. The van der Waals surface area contributed by atoms with E-state index in [2.05, 4.69) is 15.2 Å². The van der Waals surface area contributed by atoms with Gasteiger partial charge in [-0.1, -0.05) is 11.8 Å². The fourth-order valence-corrected chi connectivity index (χ4v) is 2.26. The molecule has 110 valence electrons. The van der Waals surface area contributed by atoms with Crippen molar-refractivity contribution >= 4 is 17.7 Å². The third kappa shape index (κ3) is 3.60. The minimum atomic E-state index is -0.988. The van der Waals surface area contributed by atoms with Gasteiger partial charge < -0.3 is 9.84 Å². The second kappa shape index (κ2) is 6.40. The van der Waals surface area contributed by atoms with E-state index in [1.54, 1.807) is 25.3 Å². The Morgan fingerprint density at radius 3 is 2.76 bits per heavy atom. The van der Waals surface area contributed by atoms with Crippen molar-refractivity contribution in [2.45, 2.75) is 12.1 Å². The zero-order chi connectivity index (χ0) is 15.4. The molecule has 1 aromatic carbocycles. The van der Waals surface area contributed by atoms with Gasteiger partial charge in [0.1, 0.15) is 5.75 Å². The summed E-state index contributed by atoms with van der Waals surface area (Å²) in [4.78, 5) is 25.0. The molecule has 1 heterocycles. The van der Waals surface area contributed by atoms with Gasteiger partial charge >= 0.3 is 5.97 Å². The van der Waals surface area contributed by atoms with Crippen molar-refractivity contribution in [2.75, 3.05) is 12.9 Å². The smallest absolute Gasteiger partial charge is 0.313 e. The molecule has 1 aromatic heterocycles. The molecule has 0 bridgehead atoms. The molecule has 2 N–H and O–H groups in total. The lowest BCUT2D eigenvalue weighted by Gasteiger charge is -2.06. The van der Waals surface area contributed by atoms with Crippen LogP contribution in [0.1, 0.15) is 5.56 Å². The van der Waals surface area contributed by atoms with Gasteiger partial charge in [0.2, 0.25) is 0 Å². The summed E-state index contributed by atoms with van der Waals surface area (Å²) >= 11 is 0.907. The summed E-state index contributed by atoms with van der Waals surface area (Å²) in [5.74, 6) is -0.458. The standard InChI is InChI=1S/C13H13N3O4S/c1-7-5-8(3-4-9(7)20-2)11-12(19)14-13(16-15-11)21-6-10(17)18/h3-5H,6H2,1-2H3,(H,17,18)(H,14,16,19). The van der Waals surface area contributed by atoms with Crippen molar-refractivity contribution < 1.29 is 14.6 Å². The lowest BCUT2D eigenvalue weighted by Crippen LogP contribution is -2.14. The first kappa shape index (κ1) is 15.0. The molecule has 0 aliphatic rings. The van der Waals surface area contributed by atoms with Gasteiger partial charge in [0.05, 0.1) is 12.9 Å². The lowest BCUT2D eigenvalue weighted by atomic mass is 10.1. The number of carboxylic acids is 1. The molecule has 0 aliphatic heterocycles. The Hall–Kier alpha value is -2.35. The van der Waals surface area contributed by atoms with Crippen LogP contribution in [0.25, 0.3) is 11.3 Å². The van der Waals surface area contributed by atoms with E-state index in [9.17, 15) is 9.59 Å². The first-order valence-corrected chi connectivity index (χ1v) is 6.96. The molecular formula is C13H13N3O4S. The van der Waals surface area contributed by atoms with Crippen LogP contribution >= 0.6 is 11.8 Å². The number of hydrogen-bond donors (Lipinski definition) is 2. The van der Waals surface area contributed by atoms with Gasteiger partial charge in [0, 0.05) is 5.56 Å². The molecule has 0 saturated carbocycles. The Kier molecular flexibility index (Phi) is 4.59. The molecule has 0 atom stereocenters. The summed E-state index contributed by atoms with van der Waals surface area (Å²) in [5, 5.41) is 16.5. The van der Waals surface area contributed by atoms with Gasteiger partial charge in [-0.15, -0.1) is 10.2 Å². The first-order chi connectivity index (χ1) is 10.0. The van der Waals surface area contributed by atoms with E-state index in [0.717, 1.165) is 23.1 Å². The molecule has 0 spiro atoms. The Labute approximate surface area is 124 Å². The summed E-state index contributed by atoms with van der Waals surface area (Å²) < 4.78 is 5.16. The molecule has 0 radical (unpaired) electrons. The van der Waals surface area contributed by atoms with Crippen LogP contribution < -0.4 is 10.3 Å². The average molecular weight is 307 g/mol. The zero-order valence-electron chi connectivity index (χ0n) is 11.4. The van der Waals surface area contributed by atoms with Crippen LogP contribution in [0.3, 0.4) is 0 Å². The highest BCUT2D eigenvalue weighted by molar-refractivity contribution is 7.99. The van der Waals surface area contributed by atoms with Gasteiger partial charge in [-0.2, -0.15) is 0 Å². The maximum absolute atomic E-state index is 12.0. The number of nitrogens with zero attached hydrogens (tertiary/aromatic N) is 2. The largest absolute Gasteiger partial charge is 0.496 e. The summed E-state index contributed by atoms with van der Waals surface area (Å²) in [6.07, 6.45) is 0. The van der Waals surface area contributed by atoms with E-state index in [1.807, 2.05) is 6.92 Å². The number of carboxylic acid groups (broad SMARTS) is 1. The molecule has 0 amide bonds. The number of aliphatic carboxylic acids is 1. The number of aromatic nitrogens is 3. The molecule has 21 heavy (non-hydrogen) atoms. The SMILES string of the molecule is COc1ccc(-c2nnc(SCC(=O)O)[nH]c2=O)cc1C. The third-order valence-corrected chi connectivity index (χ3v) is 3.53. The molecule has 0 aliphatic carbocycles. The summed E-state index contributed by atoms with van der Waals surface area (Å²) in [6.45, 7) is 1.86. The zero-order valence-corrected chi connectivity index (χ0v) is 12.2. The van der Waals surface area contributed by atoms with Gasteiger partial charge in [0.15, 0.2) is 10.9 Å². The van der Waals surface area contributed by atoms with Crippen LogP contribution in [0.15, 0.2) is 28.2 Å². The normalized spacial score (nSPS) is 10.4. The molecule has 8 heteroatoms. The number of hydrogen-bond acceptors (Lipinski definition) is 6. The van der Waals surface area contributed by atoms with E-state index in [1.165, 1.54) is 0 Å². The third-order valence-electron chi connectivity index (χ3n) is 2.68. The monoisotopic (exact) mass is 307 g/mol. The highest BCUT2D eigenvalue weighted by Crippen LogP contribution is 2.23. The molecule has 2 aromatic rings. The summed E-state index contributed by atoms with van der Waals surface area (Å²) in [7, 11) is 1.57. The Bertz CT molecular complexity index is 730. The number of aromatic amines is 1. The summed E-state index contributed by atoms with van der Waals surface area (Å²) in [5.41, 5.74) is 1.26. The van der Waals surface area contributed by atoms with Crippen LogP contribution in [0, 0.1) is 6.92 Å². The maximum atomic E-state index is 12.0. The van der Waals surface area contributed by atoms with E-state index < -0.39 is 11.5 Å². The Balaban J connectivity index is 2.30. The van der Waals surface area contributed by atoms with Crippen molar-refractivity contribution in [1.82, 2.24) is 15.2 Å². The van der Waals surface area contributed by atoms with Crippen LogP contribution in [0.2, 0.25) is 0 Å². The van der Waals surface area contributed by atoms with Gasteiger partial charge in [-0.25, -0.2) is 0 Å². The summed E-state index contributed by atoms with van der Waals surface area (Å²) in [6, 6.07) is 5.25. The van der Waals surface area contributed by atoms with Gasteiger partial charge in [-0.05, 0) is 30.7 Å².